The molecule has 0 fully saturated rings. The van der Waals surface area contributed by atoms with Crippen molar-refractivity contribution in [1.29, 1.82) is 0 Å². The lowest BCUT2D eigenvalue weighted by Gasteiger charge is -2.17. The summed E-state index contributed by atoms with van der Waals surface area (Å²) in [6.07, 6.45) is 3.61. The molecule has 0 spiro atoms. The largest absolute Gasteiger partial charge is 0.464 e. The molecule has 0 aliphatic rings. The van der Waals surface area contributed by atoms with E-state index in [9.17, 15) is 9.59 Å². The Hall–Kier alpha value is -3.54. The summed E-state index contributed by atoms with van der Waals surface area (Å²) in [6, 6.07) is 15.8. The van der Waals surface area contributed by atoms with Crippen LogP contribution in [-0.2, 0) is 16.0 Å². The number of carbonyl (C=O) groups excluding carboxylic acids is 2. The van der Waals surface area contributed by atoms with Crippen LogP contribution in [0.25, 0.3) is 11.4 Å². The molecule has 1 amide bonds. The SMILES string of the molecule is CCOC(=O)C(Cc1ccccc1)NC(=O)c1ccnc(-c2cc(C)ccn2)c1. The van der Waals surface area contributed by atoms with E-state index in [-0.39, 0.29) is 12.5 Å². The van der Waals surface area contributed by atoms with E-state index >= 15 is 0 Å². The average molecular weight is 389 g/mol. The highest BCUT2D eigenvalue weighted by Gasteiger charge is 2.23. The third-order valence-electron chi connectivity index (χ3n) is 4.36. The topological polar surface area (TPSA) is 81.2 Å². The Kier molecular flexibility index (Phi) is 6.68. The van der Waals surface area contributed by atoms with Gasteiger partial charge in [-0.2, -0.15) is 0 Å². The number of nitrogens with one attached hydrogen (secondary N) is 1. The van der Waals surface area contributed by atoms with Gasteiger partial charge in [-0.05, 0) is 49.2 Å². The summed E-state index contributed by atoms with van der Waals surface area (Å²) in [5.74, 6) is -0.824. The summed E-state index contributed by atoms with van der Waals surface area (Å²) >= 11 is 0. The van der Waals surface area contributed by atoms with E-state index in [4.69, 9.17) is 4.74 Å². The third kappa shape index (κ3) is 5.48. The van der Waals surface area contributed by atoms with Crippen molar-refractivity contribution in [3.63, 3.8) is 0 Å². The number of rotatable bonds is 7. The highest BCUT2D eigenvalue weighted by Crippen LogP contribution is 2.17. The first-order valence-electron chi connectivity index (χ1n) is 9.47. The molecule has 3 aromatic rings. The zero-order valence-corrected chi connectivity index (χ0v) is 16.5. The first kappa shape index (κ1) is 20.2. The molecule has 2 heterocycles. The van der Waals surface area contributed by atoms with Crippen LogP contribution in [0.5, 0.6) is 0 Å². The van der Waals surface area contributed by atoms with Crippen molar-refractivity contribution in [3.8, 4) is 11.4 Å². The smallest absolute Gasteiger partial charge is 0.328 e. The lowest BCUT2D eigenvalue weighted by molar-refractivity contribution is -0.145. The Labute approximate surface area is 170 Å². The number of aromatic nitrogens is 2. The van der Waals surface area contributed by atoms with Gasteiger partial charge in [-0.15, -0.1) is 0 Å². The van der Waals surface area contributed by atoms with Gasteiger partial charge in [0.25, 0.3) is 5.91 Å². The third-order valence-corrected chi connectivity index (χ3v) is 4.36. The molecule has 6 nitrogen and oxygen atoms in total. The van der Waals surface area contributed by atoms with Gasteiger partial charge in [0.2, 0.25) is 0 Å². The molecule has 2 aromatic heterocycles. The van der Waals surface area contributed by atoms with Gasteiger partial charge in [0, 0.05) is 24.4 Å². The van der Waals surface area contributed by atoms with E-state index in [0.717, 1.165) is 11.1 Å². The number of aryl methyl sites for hydroxylation is 1. The quantitative estimate of drug-likeness (QED) is 0.627. The van der Waals surface area contributed by atoms with Crippen LogP contribution in [0.1, 0.15) is 28.4 Å². The molecule has 1 unspecified atom stereocenters. The standard InChI is InChI=1S/C23H23N3O3/c1-3-29-23(28)21(14-17-7-5-4-6-8-17)26-22(27)18-10-12-25-20(15-18)19-13-16(2)9-11-24-19/h4-13,15,21H,3,14H2,1-2H3,(H,26,27). The normalized spacial score (nSPS) is 11.5. The zero-order valence-electron chi connectivity index (χ0n) is 16.5. The molecule has 1 atom stereocenters. The lowest BCUT2D eigenvalue weighted by atomic mass is 10.1. The van der Waals surface area contributed by atoms with Gasteiger partial charge in [0.15, 0.2) is 0 Å². The summed E-state index contributed by atoms with van der Waals surface area (Å²) in [5.41, 5.74) is 3.67. The van der Waals surface area contributed by atoms with Gasteiger partial charge in [-0.3, -0.25) is 14.8 Å². The van der Waals surface area contributed by atoms with Crippen molar-refractivity contribution >= 4 is 11.9 Å². The number of amides is 1. The molecule has 0 saturated carbocycles. The van der Waals surface area contributed by atoms with Crippen molar-refractivity contribution in [2.24, 2.45) is 0 Å². The van der Waals surface area contributed by atoms with Crippen LogP contribution in [0.3, 0.4) is 0 Å². The predicted molar refractivity (Wildman–Crippen MR) is 110 cm³/mol. The van der Waals surface area contributed by atoms with Crippen molar-refractivity contribution in [2.45, 2.75) is 26.3 Å². The van der Waals surface area contributed by atoms with Gasteiger partial charge in [0.05, 0.1) is 18.0 Å². The molecule has 0 radical (unpaired) electrons. The van der Waals surface area contributed by atoms with Crippen LogP contribution >= 0.6 is 0 Å². The Balaban J connectivity index is 1.80. The number of hydrogen-bond acceptors (Lipinski definition) is 5. The van der Waals surface area contributed by atoms with E-state index in [0.29, 0.717) is 23.4 Å². The van der Waals surface area contributed by atoms with Gasteiger partial charge in [-0.25, -0.2) is 4.79 Å². The first-order chi connectivity index (χ1) is 14.1. The predicted octanol–water partition coefficient (Wildman–Crippen LogP) is 3.36. The van der Waals surface area contributed by atoms with Crippen molar-refractivity contribution in [3.05, 3.63) is 83.7 Å². The fraction of sp³-hybridized carbons (Fsp3) is 0.217. The van der Waals surface area contributed by atoms with Gasteiger partial charge in [0.1, 0.15) is 6.04 Å². The highest BCUT2D eigenvalue weighted by molar-refractivity contribution is 5.97. The molecule has 3 rings (SSSR count). The number of benzene rings is 1. The van der Waals surface area contributed by atoms with Crippen molar-refractivity contribution < 1.29 is 14.3 Å². The number of nitrogens with zero attached hydrogens (tertiary/aromatic N) is 2. The molecule has 0 aliphatic heterocycles. The lowest BCUT2D eigenvalue weighted by Crippen LogP contribution is -2.43. The second-order valence-corrected chi connectivity index (χ2v) is 6.62. The van der Waals surface area contributed by atoms with E-state index in [1.165, 1.54) is 0 Å². The number of hydrogen-bond donors (Lipinski definition) is 1. The van der Waals surface area contributed by atoms with Gasteiger partial charge in [-0.1, -0.05) is 30.3 Å². The van der Waals surface area contributed by atoms with E-state index in [2.05, 4.69) is 15.3 Å². The molecular formula is C23H23N3O3. The van der Waals surface area contributed by atoms with Crippen LogP contribution < -0.4 is 5.32 Å². The molecular weight excluding hydrogens is 366 g/mol. The molecule has 0 saturated heterocycles. The first-order valence-corrected chi connectivity index (χ1v) is 9.47. The summed E-state index contributed by atoms with van der Waals surface area (Å²) in [7, 11) is 0. The second-order valence-electron chi connectivity index (χ2n) is 6.62. The van der Waals surface area contributed by atoms with Crippen molar-refractivity contribution in [2.75, 3.05) is 6.61 Å². The maximum atomic E-state index is 12.8. The minimum atomic E-state index is -0.779. The summed E-state index contributed by atoms with van der Waals surface area (Å²) in [6.45, 7) is 3.96. The molecule has 29 heavy (non-hydrogen) atoms. The molecule has 0 aliphatic carbocycles. The number of carbonyl (C=O) groups is 2. The Morgan fingerprint density at radius 3 is 2.38 bits per heavy atom. The van der Waals surface area contributed by atoms with Gasteiger partial charge < -0.3 is 10.1 Å². The highest BCUT2D eigenvalue weighted by atomic mass is 16.5. The van der Waals surface area contributed by atoms with Crippen LogP contribution in [0, 0.1) is 6.92 Å². The maximum Gasteiger partial charge on any atom is 0.328 e. The van der Waals surface area contributed by atoms with Crippen LogP contribution in [-0.4, -0.2) is 34.5 Å². The van der Waals surface area contributed by atoms with Crippen molar-refractivity contribution in [1.82, 2.24) is 15.3 Å². The van der Waals surface area contributed by atoms with Crippen LogP contribution in [0.2, 0.25) is 0 Å². The second kappa shape index (κ2) is 9.59. The Morgan fingerprint density at radius 1 is 1.00 bits per heavy atom. The minimum absolute atomic E-state index is 0.248. The maximum absolute atomic E-state index is 12.8. The fourth-order valence-electron chi connectivity index (χ4n) is 2.92. The minimum Gasteiger partial charge on any atom is -0.464 e. The van der Waals surface area contributed by atoms with Crippen LogP contribution in [0.15, 0.2) is 67.0 Å². The van der Waals surface area contributed by atoms with Crippen LogP contribution in [0.4, 0.5) is 0 Å². The number of pyridine rings is 2. The summed E-state index contributed by atoms with van der Waals surface area (Å²) < 4.78 is 5.14. The van der Waals surface area contributed by atoms with E-state index < -0.39 is 12.0 Å². The Morgan fingerprint density at radius 2 is 1.69 bits per heavy atom. The monoisotopic (exact) mass is 389 g/mol. The summed E-state index contributed by atoms with van der Waals surface area (Å²) in [4.78, 5) is 33.8. The number of ether oxygens (including phenoxy) is 1. The molecule has 1 aromatic carbocycles. The van der Waals surface area contributed by atoms with E-state index in [1.807, 2.05) is 49.4 Å². The van der Waals surface area contributed by atoms with E-state index in [1.54, 1.807) is 31.5 Å². The molecule has 1 N–H and O–H groups in total. The molecule has 148 valence electrons. The fourth-order valence-corrected chi connectivity index (χ4v) is 2.92. The average Bonchev–Trinajstić information content (AvgIpc) is 2.74. The summed E-state index contributed by atoms with van der Waals surface area (Å²) in [5, 5.41) is 2.79. The molecule has 0 bridgehead atoms. The molecule has 6 heteroatoms. The number of esters is 1. The zero-order chi connectivity index (χ0) is 20.6. The van der Waals surface area contributed by atoms with Gasteiger partial charge >= 0.3 is 5.97 Å². The Bertz CT molecular complexity index is 989.